The first kappa shape index (κ1) is 16.7. The molecular formula is C15H30N2OS. The van der Waals surface area contributed by atoms with Crippen LogP contribution in [0, 0.1) is 11.8 Å². The van der Waals surface area contributed by atoms with Gasteiger partial charge in [-0.05, 0) is 50.2 Å². The van der Waals surface area contributed by atoms with Gasteiger partial charge in [0.1, 0.15) is 0 Å². The van der Waals surface area contributed by atoms with Crippen LogP contribution in [0.15, 0.2) is 0 Å². The molecule has 0 aromatic carbocycles. The van der Waals surface area contributed by atoms with Crippen LogP contribution in [-0.4, -0.2) is 30.9 Å². The minimum absolute atomic E-state index is 0.556. The molecule has 1 aliphatic rings. The van der Waals surface area contributed by atoms with Crippen molar-refractivity contribution in [2.75, 3.05) is 19.8 Å². The van der Waals surface area contributed by atoms with E-state index in [0.29, 0.717) is 6.04 Å². The monoisotopic (exact) mass is 286 g/mol. The molecule has 2 unspecified atom stereocenters. The third-order valence-electron chi connectivity index (χ3n) is 3.95. The van der Waals surface area contributed by atoms with E-state index in [-0.39, 0.29) is 0 Å². The maximum atomic E-state index is 5.39. The molecular weight excluding hydrogens is 256 g/mol. The number of hydrogen-bond acceptors (Lipinski definition) is 2. The van der Waals surface area contributed by atoms with Crippen molar-refractivity contribution >= 4 is 17.3 Å². The summed E-state index contributed by atoms with van der Waals surface area (Å²) in [6, 6.07) is 0.556. The molecule has 3 nitrogen and oxygen atoms in total. The van der Waals surface area contributed by atoms with E-state index in [4.69, 9.17) is 17.0 Å². The molecule has 0 bridgehead atoms. The summed E-state index contributed by atoms with van der Waals surface area (Å²) in [7, 11) is 0. The van der Waals surface area contributed by atoms with Gasteiger partial charge in [-0.3, -0.25) is 0 Å². The smallest absolute Gasteiger partial charge is 0.166 e. The lowest BCUT2D eigenvalue weighted by Crippen LogP contribution is -2.48. The number of nitrogens with one attached hydrogen (secondary N) is 2. The average molecular weight is 286 g/mol. The normalized spacial score (nSPS) is 23.4. The highest BCUT2D eigenvalue weighted by Gasteiger charge is 2.27. The molecule has 0 saturated heterocycles. The largest absolute Gasteiger partial charge is 0.382 e. The van der Waals surface area contributed by atoms with Crippen LogP contribution in [0.3, 0.4) is 0 Å². The predicted molar refractivity (Wildman–Crippen MR) is 85.4 cm³/mol. The van der Waals surface area contributed by atoms with Crippen LogP contribution in [0.2, 0.25) is 0 Å². The summed E-state index contributed by atoms with van der Waals surface area (Å²) in [5.74, 6) is 1.50. The first-order valence-corrected chi connectivity index (χ1v) is 8.18. The van der Waals surface area contributed by atoms with Gasteiger partial charge in [-0.15, -0.1) is 0 Å². The van der Waals surface area contributed by atoms with Crippen LogP contribution >= 0.6 is 12.2 Å². The van der Waals surface area contributed by atoms with Gasteiger partial charge in [0.2, 0.25) is 0 Å². The summed E-state index contributed by atoms with van der Waals surface area (Å²) in [6.07, 6.45) is 6.29. The Kier molecular flexibility index (Phi) is 8.38. The van der Waals surface area contributed by atoms with E-state index in [2.05, 4.69) is 24.5 Å². The third-order valence-corrected chi connectivity index (χ3v) is 4.21. The molecule has 1 aliphatic carbocycles. The maximum absolute atomic E-state index is 5.39. The Morgan fingerprint density at radius 2 is 2.05 bits per heavy atom. The lowest BCUT2D eigenvalue weighted by molar-refractivity contribution is 0.145. The van der Waals surface area contributed by atoms with Gasteiger partial charge in [-0.1, -0.05) is 26.7 Å². The molecule has 1 rings (SSSR count). The average Bonchev–Trinajstić information content (AvgIpc) is 2.39. The minimum atomic E-state index is 0.556. The molecule has 0 aliphatic heterocycles. The Morgan fingerprint density at radius 3 is 2.74 bits per heavy atom. The van der Waals surface area contributed by atoms with Gasteiger partial charge in [0.05, 0.1) is 0 Å². The minimum Gasteiger partial charge on any atom is -0.382 e. The lowest BCUT2D eigenvalue weighted by Gasteiger charge is -2.35. The molecule has 4 heteroatoms. The Morgan fingerprint density at radius 1 is 1.32 bits per heavy atom. The fourth-order valence-corrected chi connectivity index (χ4v) is 3.13. The van der Waals surface area contributed by atoms with Crippen molar-refractivity contribution < 1.29 is 4.74 Å². The molecule has 0 radical (unpaired) electrons. The van der Waals surface area contributed by atoms with Crippen molar-refractivity contribution in [2.45, 2.75) is 58.9 Å². The van der Waals surface area contributed by atoms with Crippen molar-refractivity contribution in [1.29, 1.82) is 0 Å². The van der Waals surface area contributed by atoms with E-state index in [1.807, 2.05) is 6.92 Å². The zero-order valence-electron chi connectivity index (χ0n) is 12.7. The van der Waals surface area contributed by atoms with E-state index < -0.39 is 0 Å². The van der Waals surface area contributed by atoms with Crippen LogP contribution in [0.25, 0.3) is 0 Å². The lowest BCUT2D eigenvalue weighted by atomic mass is 9.78. The molecule has 0 aromatic rings. The van der Waals surface area contributed by atoms with Gasteiger partial charge in [0, 0.05) is 25.8 Å². The Hall–Kier alpha value is -0.350. The van der Waals surface area contributed by atoms with E-state index >= 15 is 0 Å². The van der Waals surface area contributed by atoms with Gasteiger partial charge in [0.15, 0.2) is 5.11 Å². The molecule has 2 N–H and O–H groups in total. The van der Waals surface area contributed by atoms with Crippen molar-refractivity contribution in [3.63, 3.8) is 0 Å². The van der Waals surface area contributed by atoms with Crippen molar-refractivity contribution in [1.82, 2.24) is 10.6 Å². The fraction of sp³-hybridized carbons (Fsp3) is 0.933. The molecule has 1 fully saturated rings. The SMILES string of the molecule is CCOCCCNC(=S)NC1CCCCC1C(C)C. The molecule has 0 aromatic heterocycles. The Bertz CT molecular complexity index is 259. The third kappa shape index (κ3) is 6.57. The second-order valence-corrected chi connectivity index (χ2v) is 6.16. The maximum Gasteiger partial charge on any atom is 0.166 e. The number of thiocarbonyl (C=S) groups is 1. The standard InChI is InChI=1S/C15H30N2OS/c1-4-18-11-7-10-16-15(19)17-14-9-6-5-8-13(14)12(2)3/h12-14H,4-11H2,1-3H3,(H2,16,17,19). The summed E-state index contributed by atoms with van der Waals surface area (Å²) in [5.41, 5.74) is 0. The second kappa shape index (κ2) is 9.54. The highest BCUT2D eigenvalue weighted by molar-refractivity contribution is 7.80. The van der Waals surface area contributed by atoms with E-state index in [9.17, 15) is 0 Å². The van der Waals surface area contributed by atoms with Crippen LogP contribution in [0.4, 0.5) is 0 Å². The molecule has 2 atom stereocenters. The predicted octanol–water partition coefficient (Wildman–Crippen LogP) is 3.09. The molecule has 1 saturated carbocycles. The van der Waals surface area contributed by atoms with Gasteiger partial charge < -0.3 is 15.4 Å². The van der Waals surface area contributed by atoms with Crippen LogP contribution in [0.1, 0.15) is 52.9 Å². The Balaban J connectivity index is 2.22. The van der Waals surface area contributed by atoms with E-state index in [1.54, 1.807) is 0 Å². The highest BCUT2D eigenvalue weighted by atomic mass is 32.1. The second-order valence-electron chi connectivity index (χ2n) is 5.75. The molecule has 19 heavy (non-hydrogen) atoms. The molecule has 0 amide bonds. The molecule has 112 valence electrons. The zero-order chi connectivity index (χ0) is 14.1. The fourth-order valence-electron chi connectivity index (χ4n) is 2.88. The van der Waals surface area contributed by atoms with Crippen LogP contribution in [0.5, 0.6) is 0 Å². The quantitative estimate of drug-likeness (QED) is 0.556. The van der Waals surface area contributed by atoms with Gasteiger partial charge in [-0.2, -0.15) is 0 Å². The summed E-state index contributed by atoms with van der Waals surface area (Å²) >= 11 is 5.39. The van der Waals surface area contributed by atoms with Gasteiger partial charge in [-0.25, -0.2) is 0 Å². The molecule has 0 spiro atoms. The van der Waals surface area contributed by atoms with Crippen LogP contribution in [-0.2, 0) is 4.74 Å². The number of hydrogen-bond donors (Lipinski definition) is 2. The zero-order valence-corrected chi connectivity index (χ0v) is 13.5. The van der Waals surface area contributed by atoms with Crippen molar-refractivity contribution in [3.8, 4) is 0 Å². The topological polar surface area (TPSA) is 33.3 Å². The summed E-state index contributed by atoms with van der Waals surface area (Å²) in [5, 5.41) is 7.62. The van der Waals surface area contributed by atoms with Gasteiger partial charge in [0.25, 0.3) is 0 Å². The highest BCUT2D eigenvalue weighted by Crippen LogP contribution is 2.30. The van der Waals surface area contributed by atoms with E-state index in [0.717, 1.165) is 43.1 Å². The summed E-state index contributed by atoms with van der Waals surface area (Å²) in [4.78, 5) is 0. The number of rotatable bonds is 7. The number of ether oxygens (including phenoxy) is 1. The summed E-state index contributed by atoms with van der Waals surface area (Å²) < 4.78 is 5.31. The summed E-state index contributed by atoms with van der Waals surface area (Å²) in [6.45, 7) is 9.16. The van der Waals surface area contributed by atoms with E-state index in [1.165, 1.54) is 25.7 Å². The first-order chi connectivity index (χ1) is 9.15. The van der Waals surface area contributed by atoms with Gasteiger partial charge >= 0.3 is 0 Å². The molecule has 0 heterocycles. The Labute approximate surface area is 123 Å². The van der Waals surface area contributed by atoms with Crippen molar-refractivity contribution in [3.05, 3.63) is 0 Å². The first-order valence-electron chi connectivity index (χ1n) is 7.77. The van der Waals surface area contributed by atoms with Crippen molar-refractivity contribution in [2.24, 2.45) is 11.8 Å². The van der Waals surface area contributed by atoms with Crippen LogP contribution < -0.4 is 10.6 Å².